The van der Waals surface area contributed by atoms with Gasteiger partial charge in [0.25, 0.3) is 17.7 Å². The molecule has 0 radical (unpaired) electrons. The summed E-state index contributed by atoms with van der Waals surface area (Å²) < 4.78 is 5.08. The number of ether oxygens (including phenoxy) is 1. The molecule has 2 aromatic carbocycles. The lowest BCUT2D eigenvalue weighted by Gasteiger charge is -2.14. The van der Waals surface area contributed by atoms with E-state index < -0.39 is 11.8 Å². The Balaban J connectivity index is 1.97. The molecule has 1 aliphatic heterocycles. The van der Waals surface area contributed by atoms with E-state index in [9.17, 15) is 14.4 Å². The highest BCUT2D eigenvalue weighted by atomic mass is 16.5. The van der Waals surface area contributed by atoms with E-state index in [1.54, 1.807) is 37.4 Å². The Labute approximate surface area is 139 Å². The van der Waals surface area contributed by atoms with Crippen LogP contribution in [0.15, 0.2) is 42.5 Å². The van der Waals surface area contributed by atoms with E-state index in [0.717, 1.165) is 4.90 Å². The minimum absolute atomic E-state index is 0.236. The number of hydrogen-bond donors (Lipinski definition) is 1. The second-order valence-electron chi connectivity index (χ2n) is 5.26. The molecule has 0 aromatic heterocycles. The smallest absolute Gasteiger partial charge is 0.266 e. The number of nitrogens with one attached hydrogen (secondary N) is 1. The Hall–Kier alpha value is -3.15. The number of methoxy groups -OCH3 is 1. The van der Waals surface area contributed by atoms with E-state index in [0.29, 0.717) is 29.1 Å². The zero-order valence-electron chi connectivity index (χ0n) is 13.3. The Morgan fingerprint density at radius 1 is 1.04 bits per heavy atom. The van der Waals surface area contributed by atoms with Crippen LogP contribution < -0.4 is 15.0 Å². The van der Waals surface area contributed by atoms with Crippen molar-refractivity contribution in [2.24, 2.45) is 0 Å². The molecule has 3 amide bonds. The lowest BCUT2D eigenvalue weighted by molar-refractivity contribution is 0.0923. The van der Waals surface area contributed by atoms with Gasteiger partial charge in [-0.25, -0.2) is 4.90 Å². The van der Waals surface area contributed by atoms with Gasteiger partial charge in [0, 0.05) is 12.1 Å². The van der Waals surface area contributed by atoms with Gasteiger partial charge in [-0.15, -0.1) is 0 Å². The molecule has 2 aromatic rings. The molecule has 0 saturated heterocycles. The van der Waals surface area contributed by atoms with E-state index in [2.05, 4.69) is 5.32 Å². The molecule has 1 aliphatic rings. The third-order valence-electron chi connectivity index (χ3n) is 3.82. The fourth-order valence-corrected chi connectivity index (χ4v) is 2.61. The molecular formula is C18H16N2O4. The van der Waals surface area contributed by atoms with Gasteiger partial charge in [0.1, 0.15) is 5.75 Å². The average Bonchev–Trinajstić information content (AvgIpc) is 2.86. The summed E-state index contributed by atoms with van der Waals surface area (Å²) in [7, 11) is 1.54. The number of carbonyl (C=O) groups is 3. The number of fused-ring (bicyclic) bond motifs is 1. The van der Waals surface area contributed by atoms with E-state index >= 15 is 0 Å². The van der Waals surface area contributed by atoms with Crippen LogP contribution in [0.2, 0.25) is 0 Å². The lowest BCUT2D eigenvalue weighted by atomic mass is 10.1. The number of nitrogens with zero attached hydrogens (tertiary/aromatic N) is 1. The number of anilines is 1. The summed E-state index contributed by atoms with van der Waals surface area (Å²) in [5.41, 5.74) is 1.35. The summed E-state index contributed by atoms with van der Waals surface area (Å²) in [6, 6.07) is 11.2. The Morgan fingerprint density at radius 3 is 2.33 bits per heavy atom. The highest BCUT2D eigenvalue weighted by molar-refractivity contribution is 6.34. The maximum atomic E-state index is 12.6. The fraction of sp³-hybridized carbons (Fsp3) is 0.167. The van der Waals surface area contributed by atoms with Crippen molar-refractivity contribution in [3.8, 4) is 5.75 Å². The SMILES string of the molecule is CCNC(=O)c1ccc2c(c1)C(=O)N(c1ccc(OC)cc1)C2=O. The highest BCUT2D eigenvalue weighted by Gasteiger charge is 2.37. The van der Waals surface area contributed by atoms with Crippen molar-refractivity contribution in [1.82, 2.24) is 5.32 Å². The molecule has 6 nitrogen and oxygen atoms in total. The molecule has 0 unspecified atom stereocenters. The summed E-state index contributed by atoms with van der Waals surface area (Å²) in [6.45, 7) is 2.30. The van der Waals surface area contributed by atoms with Gasteiger partial charge in [-0.2, -0.15) is 0 Å². The number of amides is 3. The molecular weight excluding hydrogens is 308 g/mol. The van der Waals surface area contributed by atoms with Gasteiger partial charge in [0.15, 0.2) is 0 Å². The van der Waals surface area contributed by atoms with E-state index in [1.807, 2.05) is 6.92 Å². The van der Waals surface area contributed by atoms with Gasteiger partial charge in [-0.05, 0) is 49.4 Å². The quantitative estimate of drug-likeness (QED) is 0.875. The maximum Gasteiger partial charge on any atom is 0.266 e. The molecule has 0 atom stereocenters. The molecule has 1 N–H and O–H groups in total. The van der Waals surface area contributed by atoms with Crippen LogP contribution in [0, 0.1) is 0 Å². The summed E-state index contributed by atoms with van der Waals surface area (Å²) in [4.78, 5) is 38.2. The van der Waals surface area contributed by atoms with E-state index in [-0.39, 0.29) is 11.5 Å². The van der Waals surface area contributed by atoms with Crippen molar-refractivity contribution >= 4 is 23.4 Å². The zero-order chi connectivity index (χ0) is 17.3. The van der Waals surface area contributed by atoms with Crippen LogP contribution in [0.3, 0.4) is 0 Å². The second kappa shape index (κ2) is 6.16. The third-order valence-corrected chi connectivity index (χ3v) is 3.82. The number of imide groups is 1. The molecule has 24 heavy (non-hydrogen) atoms. The van der Waals surface area contributed by atoms with Crippen molar-refractivity contribution in [3.05, 3.63) is 59.2 Å². The van der Waals surface area contributed by atoms with Crippen LogP contribution in [-0.4, -0.2) is 31.4 Å². The predicted octanol–water partition coefficient (Wildman–Crippen LogP) is 2.25. The van der Waals surface area contributed by atoms with E-state index in [1.165, 1.54) is 12.1 Å². The molecule has 0 fully saturated rings. The van der Waals surface area contributed by atoms with Gasteiger partial charge in [0.05, 0.1) is 23.9 Å². The molecule has 0 saturated carbocycles. The van der Waals surface area contributed by atoms with Crippen LogP contribution in [0.4, 0.5) is 5.69 Å². The minimum Gasteiger partial charge on any atom is -0.497 e. The van der Waals surface area contributed by atoms with Crippen molar-refractivity contribution in [2.45, 2.75) is 6.92 Å². The van der Waals surface area contributed by atoms with Crippen LogP contribution in [0.5, 0.6) is 5.75 Å². The summed E-state index contributed by atoms with van der Waals surface area (Å²) in [6.07, 6.45) is 0. The molecule has 122 valence electrons. The van der Waals surface area contributed by atoms with Gasteiger partial charge in [0.2, 0.25) is 0 Å². The van der Waals surface area contributed by atoms with Crippen molar-refractivity contribution in [1.29, 1.82) is 0 Å². The predicted molar refractivity (Wildman–Crippen MR) is 88.6 cm³/mol. The first kappa shape index (κ1) is 15.7. The average molecular weight is 324 g/mol. The summed E-state index contributed by atoms with van der Waals surface area (Å²) in [5, 5.41) is 2.67. The van der Waals surface area contributed by atoms with Crippen LogP contribution >= 0.6 is 0 Å². The monoisotopic (exact) mass is 324 g/mol. The van der Waals surface area contributed by atoms with Crippen molar-refractivity contribution in [3.63, 3.8) is 0 Å². The minimum atomic E-state index is -0.439. The first-order valence-corrected chi connectivity index (χ1v) is 7.52. The zero-order valence-corrected chi connectivity index (χ0v) is 13.3. The molecule has 0 bridgehead atoms. The van der Waals surface area contributed by atoms with Crippen molar-refractivity contribution < 1.29 is 19.1 Å². The molecule has 0 spiro atoms. The normalized spacial score (nSPS) is 13.0. The van der Waals surface area contributed by atoms with E-state index in [4.69, 9.17) is 4.74 Å². The van der Waals surface area contributed by atoms with Crippen LogP contribution in [0.1, 0.15) is 38.0 Å². The first-order valence-electron chi connectivity index (χ1n) is 7.52. The van der Waals surface area contributed by atoms with Gasteiger partial charge < -0.3 is 10.1 Å². The Bertz CT molecular complexity index is 827. The second-order valence-corrected chi connectivity index (χ2v) is 5.26. The van der Waals surface area contributed by atoms with Gasteiger partial charge in [-0.1, -0.05) is 0 Å². The molecule has 0 aliphatic carbocycles. The van der Waals surface area contributed by atoms with Crippen LogP contribution in [0.25, 0.3) is 0 Å². The number of hydrogen-bond acceptors (Lipinski definition) is 4. The topological polar surface area (TPSA) is 75.7 Å². The molecule has 3 rings (SSSR count). The number of rotatable bonds is 4. The van der Waals surface area contributed by atoms with Gasteiger partial charge >= 0.3 is 0 Å². The number of benzene rings is 2. The van der Waals surface area contributed by atoms with Gasteiger partial charge in [-0.3, -0.25) is 14.4 Å². The first-order chi connectivity index (χ1) is 11.6. The summed E-state index contributed by atoms with van der Waals surface area (Å²) in [5.74, 6) is -0.480. The largest absolute Gasteiger partial charge is 0.497 e. The Kier molecular flexibility index (Phi) is 4.04. The Morgan fingerprint density at radius 2 is 1.71 bits per heavy atom. The van der Waals surface area contributed by atoms with Crippen molar-refractivity contribution in [2.75, 3.05) is 18.6 Å². The molecule has 6 heteroatoms. The summed E-state index contributed by atoms with van der Waals surface area (Å²) >= 11 is 0. The number of carbonyl (C=O) groups excluding carboxylic acids is 3. The highest BCUT2D eigenvalue weighted by Crippen LogP contribution is 2.30. The fourth-order valence-electron chi connectivity index (χ4n) is 2.61. The van der Waals surface area contributed by atoms with Crippen LogP contribution in [-0.2, 0) is 0 Å². The standard InChI is InChI=1S/C18H16N2O4/c1-3-19-16(21)11-4-9-14-15(10-11)18(23)20(17(14)22)12-5-7-13(24-2)8-6-12/h4-10H,3H2,1-2H3,(H,19,21). The molecule has 1 heterocycles. The maximum absolute atomic E-state index is 12.6. The lowest BCUT2D eigenvalue weighted by Crippen LogP contribution is -2.29. The third kappa shape index (κ3) is 2.52.